The summed E-state index contributed by atoms with van der Waals surface area (Å²) in [6.45, 7) is 9.36. The second-order valence-corrected chi connectivity index (χ2v) is 7.17. The first-order chi connectivity index (χ1) is 15.3. The van der Waals surface area contributed by atoms with E-state index in [-0.39, 0.29) is 23.6 Å². The Kier molecular flexibility index (Phi) is 6.53. The van der Waals surface area contributed by atoms with Crippen molar-refractivity contribution in [1.29, 1.82) is 0 Å². The molecule has 0 bridgehead atoms. The van der Waals surface area contributed by atoms with Crippen LogP contribution in [0.4, 0.5) is 5.69 Å². The number of hydrogen-bond donors (Lipinski definition) is 1. The van der Waals surface area contributed by atoms with E-state index in [9.17, 15) is 24.8 Å². The van der Waals surface area contributed by atoms with Crippen LogP contribution >= 0.6 is 0 Å². The number of rotatable bonds is 8. The van der Waals surface area contributed by atoms with E-state index in [1.807, 2.05) is 0 Å². The van der Waals surface area contributed by atoms with Crippen molar-refractivity contribution in [1.82, 2.24) is 4.90 Å². The Bertz CT molecular complexity index is 1130. The number of likely N-dealkylation sites (tertiary alicyclic amines) is 1. The summed E-state index contributed by atoms with van der Waals surface area (Å²) >= 11 is 0. The van der Waals surface area contributed by atoms with Gasteiger partial charge in [0.2, 0.25) is 0 Å². The van der Waals surface area contributed by atoms with Crippen molar-refractivity contribution in [3.8, 4) is 5.75 Å². The van der Waals surface area contributed by atoms with Crippen LogP contribution in [0.5, 0.6) is 5.75 Å². The standard InChI is InChI=1S/C24H22N2O6/c1-4-12-25-21(16-6-8-17(9-7-16)26(30)31)20(23(28)24(25)29)22(27)19-11-10-18(14-15(19)3)32-13-5-2/h4-11,14,21,27H,1-2,12-13H2,3H3/t21-/m1/s1. The van der Waals surface area contributed by atoms with Crippen molar-refractivity contribution < 1.29 is 24.4 Å². The van der Waals surface area contributed by atoms with E-state index in [1.54, 1.807) is 31.2 Å². The van der Waals surface area contributed by atoms with Gasteiger partial charge < -0.3 is 14.7 Å². The Balaban J connectivity index is 2.13. The van der Waals surface area contributed by atoms with Crippen molar-refractivity contribution in [3.63, 3.8) is 0 Å². The van der Waals surface area contributed by atoms with Gasteiger partial charge in [-0.2, -0.15) is 0 Å². The number of carbonyl (C=O) groups excluding carboxylic acids is 2. The highest BCUT2D eigenvalue weighted by atomic mass is 16.6. The third kappa shape index (κ3) is 4.15. The molecule has 0 radical (unpaired) electrons. The van der Waals surface area contributed by atoms with Crippen LogP contribution < -0.4 is 4.74 Å². The second kappa shape index (κ2) is 9.30. The van der Waals surface area contributed by atoms with Crippen molar-refractivity contribution in [2.45, 2.75) is 13.0 Å². The molecule has 164 valence electrons. The second-order valence-electron chi connectivity index (χ2n) is 7.17. The molecule has 0 aromatic heterocycles. The molecule has 1 fully saturated rings. The maximum atomic E-state index is 12.9. The highest BCUT2D eigenvalue weighted by Gasteiger charge is 2.45. The number of aryl methyl sites for hydroxylation is 1. The molecule has 0 saturated carbocycles. The molecule has 32 heavy (non-hydrogen) atoms. The third-order valence-corrected chi connectivity index (χ3v) is 5.11. The van der Waals surface area contributed by atoms with Gasteiger partial charge in [-0.25, -0.2) is 0 Å². The van der Waals surface area contributed by atoms with Gasteiger partial charge in [-0.1, -0.05) is 18.7 Å². The fourth-order valence-corrected chi connectivity index (χ4v) is 3.62. The average molecular weight is 434 g/mol. The van der Waals surface area contributed by atoms with Gasteiger partial charge in [0, 0.05) is 24.2 Å². The first kappa shape index (κ1) is 22.5. The average Bonchev–Trinajstić information content (AvgIpc) is 3.02. The van der Waals surface area contributed by atoms with E-state index in [1.165, 1.54) is 35.2 Å². The van der Waals surface area contributed by atoms with Crippen molar-refractivity contribution >= 4 is 23.1 Å². The van der Waals surface area contributed by atoms with Crippen LogP contribution in [-0.2, 0) is 9.59 Å². The zero-order chi connectivity index (χ0) is 23.4. The molecule has 0 unspecified atom stereocenters. The molecule has 1 amide bonds. The van der Waals surface area contributed by atoms with Crippen LogP contribution in [0.2, 0.25) is 0 Å². The Morgan fingerprint density at radius 1 is 1.19 bits per heavy atom. The van der Waals surface area contributed by atoms with E-state index in [0.717, 1.165) is 0 Å². The Morgan fingerprint density at radius 3 is 2.44 bits per heavy atom. The number of benzene rings is 2. The summed E-state index contributed by atoms with van der Waals surface area (Å²) in [4.78, 5) is 37.3. The van der Waals surface area contributed by atoms with Gasteiger partial charge in [0.1, 0.15) is 18.1 Å². The zero-order valence-electron chi connectivity index (χ0n) is 17.5. The summed E-state index contributed by atoms with van der Waals surface area (Å²) in [7, 11) is 0. The van der Waals surface area contributed by atoms with Crippen molar-refractivity contribution in [3.05, 3.63) is 100 Å². The molecule has 1 N–H and O–H groups in total. The van der Waals surface area contributed by atoms with E-state index >= 15 is 0 Å². The molecule has 1 saturated heterocycles. The lowest BCUT2D eigenvalue weighted by Crippen LogP contribution is -2.29. The number of hydrogen-bond acceptors (Lipinski definition) is 6. The smallest absolute Gasteiger partial charge is 0.295 e. The zero-order valence-corrected chi connectivity index (χ0v) is 17.5. The van der Waals surface area contributed by atoms with Gasteiger partial charge in [-0.05, 0) is 48.4 Å². The minimum Gasteiger partial charge on any atom is -0.507 e. The maximum Gasteiger partial charge on any atom is 0.295 e. The first-order valence-corrected chi connectivity index (χ1v) is 9.78. The molecule has 1 atom stereocenters. The largest absolute Gasteiger partial charge is 0.507 e. The number of ether oxygens (including phenoxy) is 1. The number of nitro groups is 1. The first-order valence-electron chi connectivity index (χ1n) is 9.78. The molecule has 1 aliphatic heterocycles. The molecule has 8 nitrogen and oxygen atoms in total. The molecule has 8 heteroatoms. The van der Waals surface area contributed by atoms with Gasteiger partial charge in [0.15, 0.2) is 0 Å². The summed E-state index contributed by atoms with van der Waals surface area (Å²) in [6.07, 6.45) is 3.08. The van der Waals surface area contributed by atoms with Gasteiger partial charge in [0.25, 0.3) is 17.4 Å². The van der Waals surface area contributed by atoms with E-state index in [0.29, 0.717) is 29.0 Å². The van der Waals surface area contributed by atoms with Crippen LogP contribution in [0.15, 0.2) is 73.3 Å². The number of Topliss-reactive ketones (excluding diaryl/α,β-unsaturated/α-hetero) is 1. The fourth-order valence-electron chi connectivity index (χ4n) is 3.62. The van der Waals surface area contributed by atoms with Gasteiger partial charge in [0.05, 0.1) is 16.5 Å². The molecule has 1 aliphatic rings. The van der Waals surface area contributed by atoms with Gasteiger partial charge in [-0.3, -0.25) is 19.7 Å². The lowest BCUT2D eigenvalue weighted by atomic mass is 9.93. The SMILES string of the molecule is C=CCOc1ccc(C(O)=C2C(=O)C(=O)N(CC=C)[C@@H]2c2ccc([N+](=O)[O-])cc2)c(C)c1. The highest BCUT2D eigenvalue weighted by molar-refractivity contribution is 6.46. The predicted octanol–water partition coefficient (Wildman–Crippen LogP) is 4.08. The number of ketones is 1. The Hall–Kier alpha value is -4.20. The number of non-ortho nitro benzene ring substituents is 1. The number of nitrogens with zero attached hydrogens (tertiary/aromatic N) is 2. The van der Waals surface area contributed by atoms with Gasteiger partial charge in [-0.15, -0.1) is 6.58 Å². The molecule has 0 spiro atoms. The van der Waals surface area contributed by atoms with Crippen LogP contribution in [0, 0.1) is 17.0 Å². The predicted molar refractivity (Wildman–Crippen MR) is 119 cm³/mol. The summed E-state index contributed by atoms with van der Waals surface area (Å²) in [5, 5.41) is 22.1. The van der Waals surface area contributed by atoms with Crippen molar-refractivity contribution in [2.75, 3.05) is 13.2 Å². The molecular weight excluding hydrogens is 412 g/mol. The van der Waals surface area contributed by atoms with Crippen molar-refractivity contribution in [2.24, 2.45) is 0 Å². The molecular formula is C24H22N2O6. The minimum atomic E-state index is -0.912. The van der Waals surface area contributed by atoms with Crippen LogP contribution in [0.1, 0.15) is 22.7 Å². The number of aliphatic hydroxyl groups excluding tert-OH is 1. The van der Waals surface area contributed by atoms with E-state index < -0.39 is 22.7 Å². The lowest BCUT2D eigenvalue weighted by Gasteiger charge is -2.24. The Labute approximate surface area is 184 Å². The molecule has 3 rings (SSSR count). The van der Waals surface area contributed by atoms with Crippen LogP contribution in [0.25, 0.3) is 5.76 Å². The number of amides is 1. The minimum absolute atomic E-state index is 0.0658. The van der Waals surface area contributed by atoms with Crippen LogP contribution in [-0.4, -0.2) is 39.8 Å². The summed E-state index contributed by atoms with van der Waals surface area (Å²) in [6, 6.07) is 9.57. The molecule has 0 aliphatic carbocycles. The summed E-state index contributed by atoms with van der Waals surface area (Å²) in [5.41, 5.74) is 1.26. The normalized spacial score (nSPS) is 17.3. The molecule has 2 aromatic rings. The van der Waals surface area contributed by atoms with Gasteiger partial charge >= 0.3 is 0 Å². The summed E-state index contributed by atoms with van der Waals surface area (Å²) in [5.74, 6) is -1.37. The highest BCUT2D eigenvalue weighted by Crippen LogP contribution is 2.40. The Morgan fingerprint density at radius 2 is 1.88 bits per heavy atom. The number of aliphatic hydroxyl groups is 1. The molecule has 2 aromatic carbocycles. The molecule has 1 heterocycles. The monoisotopic (exact) mass is 434 g/mol. The fraction of sp³-hybridized carbons (Fsp3) is 0.167. The number of nitro benzene ring substituents is 1. The lowest BCUT2D eigenvalue weighted by molar-refractivity contribution is -0.384. The number of carbonyl (C=O) groups is 2. The van der Waals surface area contributed by atoms with Crippen LogP contribution in [0.3, 0.4) is 0 Å². The summed E-state index contributed by atoms with van der Waals surface area (Å²) < 4.78 is 5.49. The third-order valence-electron chi connectivity index (χ3n) is 5.11. The topological polar surface area (TPSA) is 110 Å². The quantitative estimate of drug-likeness (QED) is 0.167. The maximum absolute atomic E-state index is 12.9. The van der Waals surface area contributed by atoms with E-state index in [4.69, 9.17) is 4.74 Å². The van der Waals surface area contributed by atoms with E-state index in [2.05, 4.69) is 13.2 Å².